The molecule has 2 aromatic carbocycles. The van der Waals surface area contributed by atoms with Crippen molar-refractivity contribution in [1.29, 1.82) is 0 Å². The summed E-state index contributed by atoms with van der Waals surface area (Å²) in [5.41, 5.74) is 6.59. The van der Waals surface area contributed by atoms with Crippen LogP contribution >= 0.6 is 0 Å². The number of amides is 1. The van der Waals surface area contributed by atoms with Crippen molar-refractivity contribution in [3.05, 3.63) is 72.1 Å². The van der Waals surface area contributed by atoms with Crippen LogP contribution in [0.2, 0.25) is 0 Å². The molecule has 0 bridgehead atoms. The molecule has 0 radical (unpaired) electrons. The Kier molecular flexibility index (Phi) is 5.58. The second-order valence-corrected chi connectivity index (χ2v) is 9.28. The predicted molar refractivity (Wildman–Crippen MR) is 132 cm³/mol. The van der Waals surface area contributed by atoms with E-state index in [9.17, 15) is 4.79 Å². The molecule has 1 aliphatic rings. The van der Waals surface area contributed by atoms with Crippen LogP contribution in [0.4, 0.5) is 5.82 Å². The van der Waals surface area contributed by atoms with Gasteiger partial charge in [0.25, 0.3) is 5.91 Å². The summed E-state index contributed by atoms with van der Waals surface area (Å²) in [6.45, 7) is 7.24. The second-order valence-electron chi connectivity index (χ2n) is 9.28. The first kappa shape index (κ1) is 21.2. The minimum absolute atomic E-state index is 0.00628. The van der Waals surface area contributed by atoms with E-state index in [1.807, 2.05) is 36.7 Å². The van der Waals surface area contributed by atoms with Gasteiger partial charge in [-0.05, 0) is 37.8 Å². The summed E-state index contributed by atoms with van der Waals surface area (Å²) in [6.07, 6.45) is 6.07. The summed E-state index contributed by atoms with van der Waals surface area (Å²) in [5, 5.41) is 6.52. The number of carbonyl (C=O) groups is 1. The lowest BCUT2D eigenvalue weighted by Crippen LogP contribution is -2.25. The van der Waals surface area contributed by atoms with Gasteiger partial charge in [0.05, 0.1) is 17.6 Å². The van der Waals surface area contributed by atoms with Crippen molar-refractivity contribution >= 4 is 17.4 Å². The standard InChI is InChI=1S/C27H29N5O/c1-17(2)14-28-25-26-29-15-24(20-8-10-21(11-9-20)27(33)30-22-12-13-22)32(26)16-23(31-25)19-6-4-18(3)5-7-19/h4-11,15-17,22H,12-14H2,1-3H3,(H,28,31)(H,30,33). The Morgan fingerprint density at radius 2 is 1.76 bits per heavy atom. The van der Waals surface area contributed by atoms with Gasteiger partial charge in [0.1, 0.15) is 0 Å². The molecule has 1 aliphatic carbocycles. The molecule has 33 heavy (non-hydrogen) atoms. The monoisotopic (exact) mass is 439 g/mol. The summed E-state index contributed by atoms with van der Waals surface area (Å²) in [7, 11) is 0. The van der Waals surface area contributed by atoms with E-state index < -0.39 is 0 Å². The number of anilines is 1. The first-order chi connectivity index (χ1) is 16.0. The maximum absolute atomic E-state index is 12.4. The summed E-state index contributed by atoms with van der Waals surface area (Å²) < 4.78 is 2.09. The molecule has 5 rings (SSSR count). The zero-order valence-electron chi connectivity index (χ0n) is 19.3. The van der Waals surface area contributed by atoms with E-state index >= 15 is 0 Å². The summed E-state index contributed by atoms with van der Waals surface area (Å²) in [4.78, 5) is 21.9. The Hall–Kier alpha value is -3.67. The quantitative estimate of drug-likeness (QED) is 0.408. The average molecular weight is 440 g/mol. The van der Waals surface area contributed by atoms with Crippen LogP contribution < -0.4 is 10.6 Å². The molecule has 6 heteroatoms. The fourth-order valence-corrected chi connectivity index (χ4v) is 3.77. The van der Waals surface area contributed by atoms with Gasteiger partial charge in [-0.15, -0.1) is 0 Å². The van der Waals surface area contributed by atoms with Gasteiger partial charge >= 0.3 is 0 Å². The summed E-state index contributed by atoms with van der Waals surface area (Å²) >= 11 is 0. The van der Waals surface area contributed by atoms with Gasteiger partial charge in [-0.3, -0.25) is 9.20 Å². The summed E-state index contributed by atoms with van der Waals surface area (Å²) in [6, 6.07) is 16.5. The highest BCUT2D eigenvalue weighted by Crippen LogP contribution is 2.28. The van der Waals surface area contributed by atoms with Gasteiger partial charge in [0.2, 0.25) is 0 Å². The number of benzene rings is 2. The van der Waals surface area contributed by atoms with Crippen molar-refractivity contribution in [2.75, 3.05) is 11.9 Å². The molecule has 2 aromatic heterocycles. The molecule has 0 atom stereocenters. The first-order valence-electron chi connectivity index (χ1n) is 11.6. The predicted octanol–water partition coefficient (Wildman–Crippen LogP) is 5.33. The van der Waals surface area contributed by atoms with Crippen LogP contribution in [0.25, 0.3) is 28.2 Å². The lowest BCUT2D eigenvalue weighted by Gasteiger charge is -2.13. The van der Waals surface area contributed by atoms with E-state index in [0.717, 1.165) is 53.4 Å². The Morgan fingerprint density at radius 1 is 1.06 bits per heavy atom. The number of imidazole rings is 1. The van der Waals surface area contributed by atoms with E-state index in [-0.39, 0.29) is 5.91 Å². The van der Waals surface area contributed by atoms with E-state index in [0.29, 0.717) is 17.5 Å². The number of carbonyl (C=O) groups excluding carboxylic acids is 1. The molecule has 4 aromatic rings. The average Bonchev–Trinajstić information content (AvgIpc) is 3.53. The third-order valence-electron chi connectivity index (χ3n) is 5.87. The minimum Gasteiger partial charge on any atom is -0.367 e. The van der Waals surface area contributed by atoms with Gasteiger partial charge in [-0.2, -0.15) is 0 Å². The van der Waals surface area contributed by atoms with Crippen molar-refractivity contribution in [3.8, 4) is 22.5 Å². The van der Waals surface area contributed by atoms with Crippen LogP contribution in [-0.4, -0.2) is 32.9 Å². The molecular formula is C27H29N5O. The third-order valence-corrected chi connectivity index (χ3v) is 5.87. The van der Waals surface area contributed by atoms with Crippen LogP contribution in [0.1, 0.15) is 42.6 Å². The maximum Gasteiger partial charge on any atom is 0.251 e. The number of rotatable bonds is 7. The van der Waals surface area contributed by atoms with Gasteiger partial charge in [-0.1, -0.05) is 55.8 Å². The van der Waals surface area contributed by atoms with Crippen LogP contribution in [0.15, 0.2) is 60.9 Å². The highest BCUT2D eigenvalue weighted by atomic mass is 16.1. The normalized spacial score (nSPS) is 13.5. The van der Waals surface area contributed by atoms with Crippen LogP contribution in [0, 0.1) is 12.8 Å². The molecule has 6 nitrogen and oxygen atoms in total. The number of hydrogen-bond acceptors (Lipinski definition) is 4. The third kappa shape index (κ3) is 4.60. The Balaban J connectivity index is 1.54. The zero-order chi connectivity index (χ0) is 22.9. The first-order valence-corrected chi connectivity index (χ1v) is 11.6. The van der Waals surface area contributed by atoms with Crippen LogP contribution in [-0.2, 0) is 0 Å². The SMILES string of the molecule is Cc1ccc(-c2cn3c(-c4ccc(C(=O)NC5CC5)cc4)cnc3c(NCC(C)C)n2)cc1. The lowest BCUT2D eigenvalue weighted by molar-refractivity contribution is 0.0951. The van der Waals surface area contributed by atoms with E-state index in [1.165, 1.54) is 5.56 Å². The van der Waals surface area contributed by atoms with E-state index in [2.05, 4.69) is 65.1 Å². The fourth-order valence-electron chi connectivity index (χ4n) is 3.77. The molecule has 2 N–H and O–H groups in total. The lowest BCUT2D eigenvalue weighted by atomic mass is 10.1. The van der Waals surface area contributed by atoms with Crippen molar-refractivity contribution in [3.63, 3.8) is 0 Å². The molecule has 1 saturated carbocycles. The van der Waals surface area contributed by atoms with Gasteiger partial charge < -0.3 is 10.6 Å². The van der Waals surface area contributed by atoms with Crippen LogP contribution in [0.5, 0.6) is 0 Å². The smallest absolute Gasteiger partial charge is 0.251 e. The van der Waals surface area contributed by atoms with Crippen molar-refractivity contribution < 1.29 is 4.79 Å². The molecular weight excluding hydrogens is 410 g/mol. The number of hydrogen-bond donors (Lipinski definition) is 2. The molecule has 0 aliphatic heterocycles. The number of fused-ring (bicyclic) bond motifs is 1. The Bertz CT molecular complexity index is 1280. The number of nitrogens with zero attached hydrogens (tertiary/aromatic N) is 3. The fraction of sp³-hybridized carbons (Fsp3) is 0.296. The van der Waals surface area contributed by atoms with Crippen molar-refractivity contribution in [2.24, 2.45) is 5.92 Å². The topological polar surface area (TPSA) is 71.3 Å². The number of nitrogens with one attached hydrogen (secondary N) is 2. The molecule has 0 unspecified atom stereocenters. The molecule has 0 saturated heterocycles. The summed E-state index contributed by atoms with van der Waals surface area (Å²) in [5.74, 6) is 1.25. The molecule has 1 amide bonds. The number of aryl methyl sites for hydroxylation is 1. The van der Waals surface area contributed by atoms with Crippen molar-refractivity contribution in [1.82, 2.24) is 19.7 Å². The molecule has 168 valence electrons. The van der Waals surface area contributed by atoms with Gasteiger partial charge in [-0.25, -0.2) is 9.97 Å². The minimum atomic E-state index is -0.00628. The van der Waals surface area contributed by atoms with E-state index in [1.54, 1.807) is 0 Å². The van der Waals surface area contributed by atoms with Gasteiger partial charge in [0.15, 0.2) is 11.5 Å². The molecule has 1 fully saturated rings. The van der Waals surface area contributed by atoms with Crippen LogP contribution in [0.3, 0.4) is 0 Å². The maximum atomic E-state index is 12.4. The van der Waals surface area contributed by atoms with E-state index in [4.69, 9.17) is 4.98 Å². The highest BCUT2D eigenvalue weighted by molar-refractivity contribution is 5.95. The largest absolute Gasteiger partial charge is 0.367 e. The molecule has 0 spiro atoms. The Morgan fingerprint density at radius 3 is 2.42 bits per heavy atom. The zero-order valence-corrected chi connectivity index (χ0v) is 19.3. The Labute approximate surface area is 194 Å². The van der Waals surface area contributed by atoms with Crippen molar-refractivity contribution in [2.45, 2.75) is 39.7 Å². The second kappa shape index (κ2) is 8.70. The van der Waals surface area contributed by atoms with Gasteiger partial charge in [0, 0.05) is 35.5 Å². The highest BCUT2D eigenvalue weighted by Gasteiger charge is 2.23. The number of aromatic nitrogens is 3. The molecule has 2 heterocycles.